The third-order valence-electron chi connectivity index (χ3n) is 3.17. The summed E-state index contributed by atoms with van der Waals surface area (Å²) in [5, 5.41) is 0. The normalized spacial score (nSPS) is 10.1. The van der Waals surface area contributed by atoms with Crippen LogP contribution in [0.3, 0.4) is 0 Å². The van der Waals surface area contributed by atoms with Gasteiger partial charge in [-0.2, -0.15) is 0 Å². The first-order chi connectivity index (χ1) is 11.1. The lowest BCUT2D eigenvalue weighted by molar-refractivity contribution is 0.0733. The molecule has 0 aliphatic carbocycles. The van der Waals surface area contributed by atoms with Crippen molar-refractivity contribution in [2.75, 3.05) is 27.6 Å². The number of carbonyl (C=O) groups is 1. The fourth-order valence-corrected chi connectivity index (χ4v) is 2.42. The number of thioether (sulfide) groups is 1. The Kier molecular flexibility index (Phi) is 5.76. The first-order valence-corrected chi connectivity index (χ1v) is 8.01. The third kappa shape index (κ3) is 3.90. The first-order valence-electron chi connectivity index (χ1n) is 6.79. The smallest absolute Gasteiger partial charge is 0.343 e. The van der Waals surface area contributed by atoms with E-state index in [0.29, 0.717) is 28.6 Å². The van der Waals surface area contributed by atoms with E-state index in [-0.39, 0.29) is 0 Å². The molecule has 23 heavy (non-hydrogen) atoms. The van der Waals surface area contributed by atoms with Gasteiger partial charge in [-0.1, -0.05) is 0 Å². The molecule has 0 aromatic heterocycles. The van der Waals surface area contributed by atoms with Crippen molar-refractivity contribution in [3.8, 4) is 23.0 Å². The molecule has 0 N–H and O–H groups in total. The van der Waals surface area contributed by atoms with Crippen LogP contribution < -0.4 is 18.9 Å². The predicted octanol–water partition coefficient (Wildman–Crippen LogP) is 3.65. The Morgan fingerprint density at radius 1 is 0.913 bits per heavy atom. The van der Waals surface area contributed by atoms with Crippen molar-refractivity contribution in [2.45, 2.75) is 4.90 Å². The van der Waals surface area contributed by atoms with E-state index in [4.69, 9.17) is 18.9 Å². The van der Waals surface area contributed by atoms with Crippen molar-refractivity contribution >= 4 is 17.7 Å². The van der Waals surface area contributed by atoms with Crippen molar-refractivity contribution in [2.24, 2.45) is 0 Å². The maximum atomic E-state index is 12.3. The van der Waals surface area contributed by atoms with Crippen LogP contribution >= 0.6 is 11.8 Å². The Morgan fingerprint density at radius 2 is 1.48 bits per heavy atom. The van der Waals surface area contributed by atoms with E-state index in [2.05, 4.69) is 0 Å². The average molecular weight is 334 g/mol. The molecule has 0 aliphatic rings. The van der Waals surface area contributed by atoms with E-state index < -0.39 is 5.97 Å². The van der Waals surface area contributed by atoms with Crippen molar-refractivity contribution in [3.05, 3.63) is 42.0 Å². The number of ether oxygens (including phenoxy) is 4. The summed E-state index contributed by atoms with van der Waals surface area (Å²) < 4.78 is 21.1. The molecule has 0 unspecified atom stereocenters. The largest absolute Gasteiger partial charge is 0.493 e. The van der Waals surface area contributed by atoms with Gasteiger partial charge in [-0.3, -0.25) is 0 Å². The minimum absolute atomic E-state index is 0.313. The summed E-state index contributed by atoms with van der Waals surface area (Å²) in [7, 11) is 4.49. The molecular formula is C17H18O5S. The monoisotopic (exact) mass is 334 g/mol. The number of hydrogen-bond donors (Lipinski definition) is 0. The summed E-state index contributed by atoms with van der Waals surface area (Å²) in [5.41, 5.74) is 0.313. The van der Waals surface area contributed by atoms with Gasteiger partial charge in [0.15, 0.2) is 11.5 Å². The van der Waals surface area contributed by atoms with Crippen LogP contribution in [0, 0.1) is 0 Å². The van der Waals surface area contributed by atoms with Crippen LogP contribution in [0.25, 0.3) is 0 Å². The maximum absolute atomic E-state index is 12.3. The predicted molar refractivity (Wildman–Crippen MR) is 89.3 cm³/mol. The van der Waals surface area contributed by atoms with Crippen LogP contribution in [0.2, 0.25) is 0 Å². The fourth-order valence-electron chi connectivity index (χ4n) is 2.01. The lowest BCUT2D eigenvalue weighted by Gasteiger charge is -2.13. The highest BCUT2D eigenvalue weighted by Crippen LogP contribution is 2.38. The highest BCUT2D eigenvalue weighted by atomic mass is 32.2. The summed E-state index contributed by atoms with van der Waals surface area (Å²) in [4.78, 5) is 13.4. The molecule has 0 saturated heterocycles. The maximum Gasteiger partial charge on any atom is 0.343 e. The SMILES string of the molecule is COc1cc(C(=O)Oc2ccc(SC)cc2)cc(OC)c1OC. The Labute approximate surface area is 139 Å². The molecule has 0 fully saturated rings. The molecule has 0 amide bonds. The second-order valence-corrected chi connectivity index (χ2v) is 5.36. The van der Waals surface area contributed by atoms with Crippen molar-refractivity contribution in [1.82, 2.24) is 0 Å². The average Bonchev–Trinajstić information content (AvgIpc) is 2.60. The summed E-state index contributed by atoms with van der Waals surface area (Å²) in [6, 6.07) is 10.4. The fraction of sp³-hybridized carbons (Fsp3) is 0.235. The summed E-state index contributed by atoms with van der Waals surface area (Å²) in [6.07, 6.45) is 1.98. The topological polar surface area (TPSA) is 54.0 Å². The van der Waals surface area contributed by atoms with Crippen molar-refractivity contribution in [1.29, 1.82) is 0 Å². The number of hydrogen-bond acceptors (Lipinski definition) is 6. The van der Waals surface area contributed by atoms with E-state index in [1.165, 1.54) is 21.3 Å². The molecular weight excluding hydrogens is 316 g/mol. The highest BCUT2D eigenvalue weighted by Gasteiger charge is 2.18. The van der Waals surface area contributed by atoms with Gasteiger partial charge in [-0.25, -0.2) is 4.79 Å². The summed E-state index contributed by atoms with van der Waals surface area (Å²) in [5.74, 6) is 1.20. The van der Waals surface area contributed by atoms with Gasteiger partial charge >= 0.3 is 5.97 Å². The van der Waals surface area contributed by atoms with Crippen LogP contribution in [0.15, 0.2) is 41.3 Å². The summed E-state index contributed by atoms with van der Waals surface area (Å²) >= 11 is 1.62. The minimum Gasteiger partial charge on any atom is -0.493 e. The zero-order chi connectivity index (χ0) is 16.8. The van der Waals surface area contributed by atoms with Gasteiger partial charge in [0, 0.05) is 4.90 Å². The van der Waals surface area contributed by atoms with E-state index >= 15 is 0 Å². The van der Waals surface area contributed by atoms with Gasteiger partial charge in [0.25, 0.3) is 0 Å². The van der Waals surface area contributed by atoms with Gasteiger partial charge in [-0.15, -0.1) is 11.8 Å². The lowest BCUT2D eigenvalue weighted by Crippen LogP contribution is -2.09. The zero-order valence-corrected chi connectivity index (χ0v) is 14.2. The number of esters is 1. The first kappa shape index (κ1) is 17.0. The van der Waals surface area contributed by atoms with Gasteiger partial charge in [0.2, 0.25) is 5.75 Å². The second-order valence-electron chi connectivity index (χ2n) is 4.48. The number of carbonyl (C=O) groups excluding carboxylic acids is 1. The molecule has 2 aromatic carbocycles. The molecule has 6 heteroatoms. The number of rotatable bonds is 6. The molecule has 2 rings (SSSR count). The van der Waals surface area contributed by atoms with E-state index in [0.717, 1.165) is 4.90 Å². The van der Waals surface area contributed by atoms with E-state index in [9.17, 15) is 4.79 Å². The van der Waals surface area contributed by atoms with Crippen LogP contribution in [-0.2, 0) is 0 Å². The molecule has 0 atom stereocenters. The molecule has 0 saturated carbocycles. The minimum atomic E-state index is -0.499. The second kappa shape index (κ2) is 7.78. The van der Waals surface area contributed by atoms with Crippen LogP contribution in [0.4, 0.5) is 0 Å². The Bertz CT molecular complexity index is 657. The van der Waals surface area contributed by atoms with Gasteiger partial charge in [-0.05, 0) is 42.7 Å². The lowest BCUT2D eigenvalue weighted by atomic mass is 10.2. The van der Waals surface area contributed by atoms with E-state index in [1.807, 2.05) is 18.4 Å². The van der Waals surface area contributed by atoms with Crippen molar-refractivity contribution in [3.63, 3.8) is 0 Å². The number of methoxy groups -OCH3 is 3. The molecule has 122 valence electrons. The number of benzene rings is 2. The quantitative estimate of drug-likeness (QED) is 0.456. The molecule has 5 nitrogen and oxygen atoms in total. The standard InChI is InChI=1S/C17H18O5S/c1-19-14-9-11(10-15(20-2)16(14)21-3)17(18)22-12-5-7-13(23-4)8-6-12/h5-10H,1-4H3. The molecule has 0 aliphatic heterocycles. The molecule has 0 spiro atoms. The van der Waals surface area contributed by atoms with Crippen LogP contribution in [0.1, 0.15) is 10.4 Å². The van der Waals surface area contributed by atoms with Gasteiger partial charge < -0.3 is 18.9 Å². The van der Waals surface area contributed by atoms with Crippen LogP contribution in [0.5, 0.6) is 23.0 Å². The molecule has 0 bridgehead atoms. The van der Waals surface area contributed by atoms with Gasteiger partial charge in [0.05, 0.1) is 26.9 Å². The van der Waals surface area contributed by atoms with E-state index in [1.54, 1.807) is 36.0 Å². The van der Waals surface area contributed by atoms with Crippen molar-refractivity contribution < 1.29 is 23.7 Å². The Morgan fingerprint density at radius 3 is 1.91 bits per heavy atom. The van der Waals surface area contributed by atoms with Crippen LogP contribution in [-0.4, -0.2) is 33.6 Å². The summed E-state index contributed by atoms with van der Waals surface area (Å²) in [6.45, 7) is 0. The highest BCUT2D eigenvalue weighted by molar-refractivity contribution is 7.98. The molecule has 2 aromatic rings. The zero-order valence-electron chi connectivity index (χ0n) is 13.4. The third-order valence-corrected chi connectivity index (χ3v) is 3.91. The molecule has 0 heterocycles. The molecule has 0 radical (unpaired) electrons. The van der Waals surface area contributed by atoms with Gasteiger partial charge in [0.1, 0.15) is 5.75 Å². The Balaban J connectivity index is 2.27. The Hall–Kier alpha value is -2.34.